The molecule has 2 atom stereocenters. The van der Waals surface area contributed by atoms with Crippen LogP contribution in [-0.4, -0.2) is 52.6 Å². The first-order chi connectivity index (χ1) is 8.01. The van der Waals surface area contributed by atoms with Crippen molar-refractivity contribution < 1.29 is 14.7 Å². The average Bonchev–Trinajstić information content (AvgIpc) is 2.25. The quantitative estimate of drug-likeness (QED) is 0.510. The predicted octanol–water partition coefficient (Wildman–Crippen LogP) is -0.176. The number of rotatable bonds is 9. The summed E-state index contributed by atoms with van der Waals surface area (Å²) >= 11 is 2.87. The van der Waals surface area contributed by atoms with Crippen LogP contribution in [0.4, 0.5) is 0 Å². The van der Waals surface area contributed by atoms with Crippen molar-refractivity contribution in [2.75, 3.05) is 24.4 Å². The van der Waals surface area contributed by atoms with Gasteiger partial charge in [-0.3, -0.25) is 9.59 Å². The van der Waals surface area contributed by atoms with Crippen LogP contribution < -0.4 is 11.1 Å². The molecule has 5 nitrogen and oxygen atoms in total. The van der Waals surface area contributed by atoms with E-state index in [1.807, 2.05) is 13.2 Å². The zero-order chi connectivity index (χ0) is 13.3. The van der Waals surface area contributed by atoms with Crippen LogP contribution in [0.15, 0.2) is 0 Å². The SMILES string of the molecule is CSC(CO)C(C)NC(=O)CCSCC(N)=O. The van der Waals surface area contributed by atoms with E-state index < -0.39 is 0 Å². The molecular formula is C10H20N2O3S2. The molecule has 0 fully saturated rings. The van der Waals surface area contributed by atoms with E-state index >= 15 is 0 Å². The van der Waals surface area contributed by atoms with Gasteiger partial charge in [0.25, 0.3) is 0 Å². The van der Waals surface area contributed by atoms with E-state index in [-0.39, 0.29) is 35.5 Å². The molecule has 0 bridgehead atoms. The Morgan fingerprint density at radius 2 is 2.12 bits per heavy atom. The average molecular weight is 280 g/mol. The summed E-state index contributed by atoms with van der Waals surface area (Å²) in [5.41, 5.74) is 4.97. The Morgan fingerprint density at radius 1 is 1.47 bits per heavy atom. The van der Waals surface area contributed by atoms with Gasteiger partial charge in [0.2, 0.25) is 11.8 Å². The highest BCUT2D eigenvalue weighted by Crippen LogP contribution is 2.10. The second-order valence-electron chi connectivity index (χ2n) is 3.58. The van der Waals surface area contributed by atoms with Gasteiger partial charge in [-0.1, -0.05) is 0 Å². The van der Waals surface area contributed by atoms with Gasteiger partial charge in [-0.15, -0.1) is 0 Å². The van der Waals surface area contributed by atoms with Gasteiger partial charge in [-0.2, -0.15) is 23.5 Å². The van der Waals surface area contributed by atoms with Crippen molar-refractivity contribution in [3.63, 3.8) is 0 Å². The van der Waals surface area contributed by atoms with Crippen LogP contribution in [0.2, 0.25) is 0 Å². The van der Waals surface area contributed by atoms with E-state index in [1.54, 1.807) is 0 Å². The highest BCUT2D eigenvalue weighted by molar-refractivity contribution is 8.00. The molecule has 0 aliphatic rings. The molecule has 0 aromatic heterocycles. The van der Waals surface area contributed by atoms with Crippen LogP contribution in [0.3, 0.4) is 0 Å². The fraction of sp³-hybridized carbons (Fsp3) is 0.800. The summed E-state index contributed by atoms with van der Waals surface area (Å²) in [6.07, 6.45) is 2.25. The van der Waals surface area contributed by atoms with E-state index in [1.165, 1.54) is 23.5 Å². The Morgan fingerprint density at radius 3 is 2.59 bits per heavy atom. The zero-order valence-corrected chi connectivity index (χ0v) is 11.8. The van der Waals surface area contributed by atoms with Gasteiger partial charge < -0.3 is 16.2 Å². The maximum Gasteiger partial charge on any atom is 0.227 e. The monoisotopic (exact) mass is 280 g/mol. The molecule has 100 valence electrons. The number of amides is 2. The molecule has 0 spiro atoms. The normalized spacial score (nSPS) is 14.1. The molecule has 0 saturated carbocycles. The maximum atomic E-state index is 11.5. The second-order valence-corrected chi connectivity index (χ2v) is 5.76. The third kappa shape index (κ3) is 8.34. The number of primary amides is 1. The lowest BCUT2D eigenvalue weighted by molar-refractivity contribution is -0.121. The van der Waals surface area contributed by atoms with E-state index in [0.717, 1.165) is 0 Å². The summed E-state index contributed by atoms with van der Waals surface area (Å²) in [4.78, 5) is 22.0. The van der Waals surface area contributed by atoms with Gasteiger partial charge in [0, 0.05) is 23.5 Å². The van der Waals surface area contributed by atoms with Crippen LogP contribution in [0, 0.1) is 0 Å². The Balaban J connectivity index is 3.74. The summed E-state index contributed by atoms with van der Waals surface area (Å²) < 4.78 is 0. The van der Waals surface area contributed by atoms with Gasteiger partial charge in [0.05, 0.1) is 12.4 Å². The number of nitrogens with two attached hydrogens (primary N) is 1. The molecule has 0 aliphatic heterocycles. The first-order valence-corrected chi connectivity index (χ1v) is 7.74. The number of thioether (sulfide) groups is 2. The van der Waals surface area contributed by atoms with Gasteiger partial charge >= 0.3 is 0 Å². The predicted molar refractivity (Wildman–Crippen MR) is 73.1 cm³/mol. The first kappa shape index (κ1) is 16.6. The molecule has 0 saturated heterocycles. The molecule has 0 rings (SSSR count). The van der Waals surface area contributed by atoms with E-state index in [0.29, 0.717) is 12.2 Å². The summed E-state index contributed by atoms with van der Waals surface area (Å²) in [6, 6.07) is -0.0661. The number of aliphatic hydroxyl groups is 1. The fourth-order valence-electron chi connectivity index (χ4n) is 1.19. The number of nitrogens with one attached hydrogen (secondary N) is 1. The Bertz CT molecular complexity index is 248. The van der Waals surface area contributed by atoms with Crippen LogP contribution in [-0.2, 0) is 9.59 Å². The highest BCUT2D eigenvalue weighted by atomic mass is 32.2. The minimum Gasteiger partial charge on any atom is -0.395 e. The van der Waals surface area contributed by atoms with Crippen LogP contribution in [0.25, 0.3) is 0 Å². The molecule has 2 amide bonds. The topological polar surface area (TPSA) is 92.4 Å². The molecule has 0 radical (unpaired) electrons. The Labute approximate surface area is 110 Å². The lowest BCUT2D eigenvalue weighted by Gasteiger charge is -2.21. The van der Waals surface area contributed by atoms with E-state index in [2.05, 4.69) is 5.32 Å². The van der Waals surface area contributed by atoms with Crippen LogP contribution in [0.1, 0.15) is 13.3 Å². The lowest BCUT2D eigenvalue weighted by atomic mass is 10.2. The van der Waals surface area contributed by atoms with Gasteiger partial charge in [-0.05, 0) is 13.2 Å². The number of aliphatic hydroxyl groups excluding tert-OH is 1. The standard InChI is InChI=1S/C10H20N2O3S2/c1-7(8(5-13)16-2)12-10(15)3-4-17-6-9(11)14/h7-8,13H,3-6H2,1-2H3,(H2,11,14)(H,12,15). The van der Waals surface area contributed by atoms with E-state index in [9.17, 15) is 9.59 Å². The smallest absolute Gasteiger partial charge is 0.227 e. The highest BCUT2D eigenvalue weighted by Gasteiger charge is 2.16. The molecule has 0 heterocycles. The molecule has 17 heavy (non-hydrogen) atoms. The molecule has 2 unspecified atom stereocenters. The maximum absolute atomic E-state index is 11.5. The van der Waals surface area contributed by atoms with Crippen LogP contribution in [0.5, 0.6) is 0 Å². The third-order valence-electron chi connectivity index (χ3n) is 2.15. The van der Waals surface area contributed by atoms with Gasteiger partial charge in [0.15, 0.2) is 0 Å². The Kier molecular flexibility index (Phi) is 9.39. The van der Waals surface area contributed by atoms with Crippen molar-refractivity contribution >= 4 is 35.3 Å². The minimum absolute atomic E-state index is 0.0113. The molecule has 0 aromatic rings. The molecule has 0 aromatic carbocycles. The van der Waals surface area contributed by atoms with E-state index in [4.69, 9.17) is 10.8 Å². The summed E-state index contributed by atoms with van der Waals surface area (Å²) in [5.74, 6) is 0.380. The summed E-state index contributed by atoms with van der Waals surface area (Å²) in [7, 11) is 0. The number of hydrogen-bond acceptors (Lipinski definition) is 5. The lowest BCUT2D eigenvalue weighted by Crippen LogP contribution is -2.41. The largest absolute Gasteiger partial charge is 0.395 e. The van der Waals surface area contributed by atoms with Crippen molar-refractivity contribution in [1.29, 1.82) is 0 Å². The number of carbonyl (C=O) groups is 2. The van der Waals surface area contributed by atoms with Crippen molar-refractivity contribution in [2.24, 2.45) is 5.73 Å². The third-order valence-corrected chi connectivity index (χ3v) is 4.29. The van der Waals surface area contributed by atoms with Crippen molar-refractivity contribution in [2.45, 2.75) is 24.6 Å². The zero-order valence-electron chi connectivity index (χ0n) is 10.1. The molecule has 7 heteroatoms. The first-order valence-electron chi connectivity index (χ1n) is 5.30. The number of carbonyl (C=O) groups excluding carboxylic acids is 2. The Hall–Kier alpha value is -0.400. The molecule has 0 aliphatic carbocycles. The molecule has 4 N–H and O–H groups in total. The van der Waals surface area contributed by atoms with Crippen molar-refractivity contribution in [3.05, 3.63) is 0 Å². The fourth-order valence-corrected chi connectivity index (χ4v) is 2.49. The van der Waals surface area contributed by atoms with Crippen molar-refractivity contribution in [1.82, 2.24) is 5.32 Å². The van der Waals surface area contributed by atoms with Crippen molar-refractivity contribution in [3.8, 4) is 0 Å². The number of hydrogen-bond donors (Lipinski definition) is 3. The van der Waals surface area contributed by atoms with Gasteiger partial charge in [-0.25, -0.2) is 0 Å². The summed E-state index contributed by atoms with van der Waals surface area (Å²) in [5, 5.41) is 11.9. The van der Waals surface area contributed by atoms with Crippen LogP contribution >= 0.6 is 23.5 Å². The summed E-state index contributed by atoms with van der Waals surface area (Å²) in [6.45, 7) is 1.91. The van der Waals surface area contributed by atoms with Gasteiger partial charge in [0.1, 0.15) is 0 Å². The second kappa shape index (κ2) is 9.61. The minimum atomic E-state index is -0.369. The molecular weight excluding hydrogens is 260 g/mol.